The van der Waals surface area contributed by atoms with E-state index in [2.05, 4.69) is 29.2 Å². The molecule has 3 aromatic carbocycles. The van der Waals surface area contributed by atoms with E-state index in [9.17, 15) is 0 Å². The van der Waals surface area contributed by atoms with Gasteiger partial charge in [-0.2, -0.15) is 0 Å². The van der Waals surface area contributed by atoms with Gasteiger partial charge in [-0.1, -0.05) is 36.4 Å². The van der Waals surface area contributed by atoms with Crippen LogP contribution in [-0.2, 0) is 0 Å². The number of hydrogen-bond donors (Lipinski definition) is 1. The van der Waals surface area contributed by atoms with E-state index in [1.165, 1.54) is 10.8 Å². The van der Waals surface area contributed by atoms with Crippen LogP contribution in [0.5, 0.6) is 11.5 Å². The summed E-state index contributed by atoms with van der Waals surface area (Å²) >= 11 is 0. The van der Waals surface area contributed by atoms with Crippen molar-refractivity contribution in [1.29, 1.82) is 0 Å². The number of fused-ring (bicyclic) bond motifs is 3. The summed E-state index contributed by atoms with van der Waals surface area (Å²) in [5, 5.41) is 2.38. The quantitative estimate of drug-likeness (QED) is 0.542. The van der Waals surface area contributed by atoms with E-state index in [1.807, 2.05) is 48.5 Å². The van der Waals surface area contributed by atoms with Gasteiger partial charge in [-0.05, 0) is 30.3 Å². The first-order chi connectivity index (χ1) is 9.90. The van der Waals surface area contributed by atoms with Gasteiger partial charge in [-0.15, -0.1) is 0 Å². The normalized spacial score (nSPS) is 11.0. The van der Waals surface area contributed by atoms with Crippen LogP contribution < -0.4 is 4.74 Å². The Balaban J connectivity index is 1.81. The largest absolute Gasteiger partial charge is 0.457 e. The van der Waals surface area contributed by atoms with Crippen LogP contribution in [0.1, 0.15) is 0 Å². The molecule has 4 rings (SSSR count). The van der Waals surface area contributed by atoms with E-state index in [0.717, 1.165) is 22.5 Å². The molecule has 1 radical (unpaired) electrons. The van der Waals surface area contributed by atoms with Gasteiger partial charge in [-0.3, -0.25) is 0 Å². The second-order valence-electron chi connectivity index (χ2n) is 4.70. The molecule has 4 aromatic rings. The molecule has 0 fully saturated rings. The maximum Gasteiger partial charge on any atom is 0.137 e. The summed E-state index contributed by atoms with van der Waals surface area (Å²) in [6.45, 7) is 0. The minimum atomic E-state index is 0.718. The van der Waals surface area contributed by atoms with Crippen molar-refractivity contribution in [2.24, 2.45) is 0 Å². The molecule has 0 atom stereocenters. The van der Waals surface area contributed by atoms with Crippen LogP contribution >= 0.6 is 0 Å². The van der Waals surface area contributed by atoms with Gasteiger partial charge in [-0.25, -0.2) is 0 Å². The third-order valence-corrected chi connectivity index (χ3v) is 3.37. The highest BCUT2D eigenvalue weighted by Crippen LogP contribution is 2.29. The number of H-pyrrole nitrogens is 1. The maximum absolute atomic E-state index is 5.81. The summed E-state index contributed by atoms with van der Waals surface area (Å²) in [6, 6.07) is 25.3. The van der Waals surface area contributed by atoms with Crippen LogP contribution in [-0.4, -0.2) is 4.98 Å². The number of aromatic nitrogens is 1. The molecule has 1 aromatic heterocycles. The number of rotatable bonds is 2. The van der Waals surface area contributed by atoms with E-state index in [0.29, 0.717) is 0 Å². The van der Waals surface area contributed by atoms with Gasteiger partial charge in [0.1, 0.15) is 11.5 Å². The average molecular weight is 258 g/mol. The zero-order valence-electron chi connectivity index (χ0n) is 10.8. The lowest BCUT2D eigenvalue weighted by atomic mass is 10.1. The Morgan fingerprint density at radius 1 is 0.750 bits per heavy atom. The monoisotopic (exact) mass is 258 g/mol. The van der Waals surface area contributed by atoms with Crippen LogP contribution in [0.4, 0.5) is 0 Å². The van der Waals surface area contributed by atoms with Crippen molar-refractivity contribution in [2.45, 2.75) is 0 Å². The maximum atomic E-state index is 5.81. The van der Waals surface area contributed by atoms with E-state index < -0.39 is 0 Å². The van der Waals surface area contributed by atoms with Crippen LogP contribution in [0.2, 0.25) is 0 Å². The Kier molecular flexibility index (Phi) is 2.46. The molecular weight excluding hydrogens is 246 g/mol. The first kappa shape index (κ1) is 11.1. The molecule has 20 heavy (non-hydrogen) atoms. The van der Waals surface area contributed by atoms with Gasteiger partial charge in [0.2, 0.25) is 0 Å². The van der Waals surface area contributed by atoms with E-state index in [4.69, 9.17) is 4.74 Å². The predicted molar refractivity (Wildman–Crippen MR) is 81.2 cm³/mol. The van der Waals surface area contributed by atoms with Crippen LogP contribution in [0.3, 0.4) is 0 Å². The fourth-order valence-corrected chi connectivity index (χ4v) is 2.43. The zero-order valence-corrected chi connectivity index (χ0v) is 10.8. The summed E-state index contributed by atoms with van der Waals surface area (Å²) in [7, 11) is 0. The van der Waals surface area contributed by atoms with E-state index in [-0.39, 0.29) is 0 Å². The fraction of sp³-hybridized carbons (Fsp3) is 0. The molecular formula is C18H12NO. The highest BCUT2D eigenvalue weighted by atomic mass is 16.5. The topological polar surface area (TPSA) is 25.0 Å². The fourth-order valence-electron chi connectivity index (χ4n) is 2.43. The second-order valence-corrected chi connectivity index (χ2v) is 4.70. The molecule has 0 spiro atoms. The Hall–Kier alpha value is -2.74. The van der Waals surface area contributed by atoms with Crippen molar-refractivity contribution in [3.63, 3.8) is 0 Å². The Morgan fingerprint density at radius 2 is 1.55 bits per heavy atom. The minimum Gasteiger partial charge on any atom is -0.457 e. The number of nitrogens with one attached hydrogen (secondary N) is 1. The third kappa shape index (κ3) is 1.82. The van der Waals surface area contributed by atoms with E-state index >= 15 is 0 Å². The van der Waals surface area contributed by atoms with Crippen molar-refractivity contribution >= 4 is 21.8 Å². The lowest BCUT2D eigenvalue weighted by Gasteiger charge is -2.04. The predicted octanol–water partition coefficient (Wildman–Crippen LogP) is 4.91. The zero-order chi connectivity index (χ0) is 13.4. The molecule has 0 aliphatic carbocycles. The molecule has 0 aliphatic heterocycles. The summed E-state index contributed by atoms with van der Waals surface area (Å²) < 4.78 is 5.81. The number of para-hydroxylation sites is 2. The molecule has 95 valence electrons. The second kappa shape index (κ2) is 4.42. The third-order valence-electron chi connectivity index (χ3n) is 3.37. The molecule has 2 heteroatoms. The molecule has 1 heterocycles. The Morgan fingerprint density at radius 3 is 2.45 bits per heavy atom. The van der Waals surface area contributed by atoms with Crippen molar-refractivity contribution < 1.29 is 4.74 Å². The highest BCUT2D eigenvalue weighted by molar-refractivity contribution is 6.07. The molecule has 2 nitrogen and oxygen atoms in total. The standard InChI is InChI=1S/C18H12NO/c1-2-6-13(7-3-1)20-14-10-11-16-15-8-4-5-9-17(15)19-18(16)12-14/h1-11,19H. The Bertz CT molecular complexity index is 878. The van der Waals surface area contributed by atoms with Crippen molar-refractivity contribution in [2.75, 3.05) is 0 Å². The number of aromatic amines is 1. The molecule has 1 N–H and O–H groups in total. The van der Waals surface area contributed by atoms with E-state index in [1.54, 1.807) is 0 Å². The summed E-state index contributed by atoms with van der Waals surface area (Å²) in [4.78, 5) is 3.37. The number of ether oxygens (including phenoxy) is 1. The van der Waals surface area contributed by atoms with Crippen LogP contribution in [0, 0.1) is 6.07 Å². The lowest BCUT2D eigenvalue weighted by Crippen LogP contribution is -1.83. The van der Waals surface area contributed by atoms with Gasteiger partial charge in [0.25, 0.3) is 0 Å². The molecule has 0 aliphatic rings. The molecule has 0 amide bonds. The Labute approximate surface area is 116 Å². The van der Waals surface area contributed by atoms with Gasteiger partial charge in [0.15, 0.2) is 0 Å². The molecule has 0 bridgehead atoms. The highest BCUT2D eigenvalue weighted by Gasteiger charge is 2.05. The minimum absolute atomic E-state index is 0.718. The van der Waals surface area contributed by atoms with Gasteiger partial charge < -0.3 is 9.72 Å². The molecule has 0 unspecified atom stereocenters. The first-order valence-electron chi connectivity index (χ1n) is 6.56. The van der Waals surface area contributed by atoms with Gasteiger partial charge >= 0.3 is 0 Å². The number of benzene rings is 3. The van der Waals surface area contributed by atoms with Crippen molar-refractivity contribution in [3.8, 4) is 11.5 Å². The first-order valence-corrected chi connectivity index (χ1v) is 6.56. The van der Waals surface area contributed by atoms with Gasteiger partial charge in [0.05, 0.1) is 11.6 Å². The molecule has 0 saturated heterocycles. The molecule has 0 saturated carbocycles. The summed E-state index contributed by atoms with van der Waals surface area (Å²) in [5.41, 5.74) is 2.09. The van der Waals surface area contributed by atoms with Crippen LogP contribution in [0.25, 0.3) is 21.8 Å². The summed E-state index contributed by atoms with van der Waals surface area (Å²) in [6.07, 6.45) is 0. The lowest BCUT2D eigenvalue weighted by molar-refractivity contribution is 0.482. The average Bonchev–Trinajstić information content (AvgIpc) is 2.86. The number of hydrogen-bond acceptors (Lipinski definition) is 1. The SMILES string of the molecule is [c]1c(Oc2ccccc2)ccc2c1[nH]c1ccccc12. The summed E-state index contributed by atoms with van der Waals surface area (Å²) in [5.74, 6) is 1.54. The smallest absolute Gasteiger partial charge is 0.137 e. The van der Waals surface area contributed by atoms with Crippen molar-refractivity contribution in [1.82, 2.24) is 4.98 Å². The van der Waals surface area contributed by atoms with Crippen LogP contribution in [0.15, 0.2) is 66.7 Å². The van der Waals surface area contributed by atoms with Gasteiger partial charge in [0, 0.05) is 16.3 Å². The van der Waals surface area contributed by atoms with Crippen molar-refractivity contribution in [3.05, 3.63) is 72.8 Å².